The number of hydrogen-bond donors (Lipinski definition) is 3. The molecule has 5 aromatic rings. The monoisotopic (exact) mass is 485 g/mol. The summed E-state index contributed by atoms with van der Waals surface area (Å²) < 4.78 is 22.5. The fraction of sp³-hybridized carbons (Fsp3) is 0.154. The first kappa shape index (κ1) is 23.0. The fourth-order valence-electron chi connectivity index (χ4n) is 4.09. The summed E-state index contributed by atoms with van der Waals surface area (Å²) in [5, 5.41) is 15.1. The number of urea groups is 1. The number of nitrogens with zero attached hydrogens (tertiary/aromatic N) is 4. The van der Waals surface area contributed by atoms with Crippen LogP contribution in [-0.4, -0.2) is 31.0 Å². The number of ether oxygens (including phenoxy) is 1. The Morgan fingerprint density at radius 3 is 2.72 bits per heavy atom. The molecule has 2 amide bonds. The zero-order chi connectivity index (χ0) is 25.4. The Hall–Kier alpha value is -4.73. The summed E-state index contributed by atoms with van der Waals surface area (Å²) >= 11 is 0. The quantitative estimate of drug-likeness (QED) is 0.282. The van der Waals surface area contributed by atoms with E-state index in [1.54, 1.807) is 35.3 Å². The highest BCUT2D eigenvalue weighted by molar-refractivity contribution is 5.96. The molecule has 0 bridgehead atoms. The van der Waals surface area contributed by atoms with Crippen LogP contribution in [0.2, 0.25) is 0 Å². The Bertz CT molecular complexity index is 1580. The minimum Gasteiger partial charge on any atom is -0.451 e. The number of amides is 2. The molecular weight excluding hydrogens is 461 g/mol. The van der Waals surface area contributed by atoms with Crippen molar-refractivity contribution in [1.29, 1.82) is 0 Å². The molecule has 3 aromatic heterocycles. The third-order valence-electron chi connectivity index (χ3n) is 5.73. The normalized spacial score (nSPS) is 11.6. The van der Waals surface area contributed by atoms with Gasteiger partial charge >= 0.3 is 6.03 Å². The molecule has 0 radical (unpaired) electrons. The number of benzene rings is 2. The smallest absolute Gasteiger partial charge is 0.316 e. The average molecular weight is 486 g/mol. The molecule has 4 N–H and O–H groups in total. The van der Waals surface area contributed by atoms with Crippen LogP contribution in [0.25, 0.3) is 27.8 Å². The van der Waals surface area contributed by atoms with Crippen molar-refractivity contribution in [3.05, 3.63) is 78.6 Å². The van der Waals surface area contributed by atoms with Gasteiger partial charge in [-0.25, -0.2) is 14.5 Å². The van der Waals surface area contributed by atoms with Crippen LogP contribution in [-0.2, 0) is 5.41 Å². The predicted octanol–water partition coefficient (Wildman–Crippen LogP) is 5.53. The SMILES string of the molecule is CC(C)(C)c1ccc(NC(N)=O)c(-c2ccnn2-c2ccc3[nH]ncc3c2)c1Oc1cccnc1F. The number of fused-ring (bicyclic) bond motifs is 1. The number of rotatable bonds is 5. The van der Waals surface area contributed by atoms with Gasteiger partial charge in [0.25, 0.3) is 5.95 Å². The lowest BCUT2D eigenvalue weighted by atomic mass is 9.84. The van der Waals surface area contributed by atoms with Crippen molar-refractivity contribution in [2.24, 2.45) is 5.73 Å². The van der Waals surface area contributed by atoms with E-state index in [-0.39, 0.29) is 5.75 Å². The summed E-state index contributed by atoms with van der Waals surface area (Å²) in [7, 11) is 0. The topological polar surface area (TPSA) is 124 Å². The number of primary amides is 1. The number of aromatic amines is 1. The van der Waals surface area contributed by atoms with E-state index in [4.69, 9.17) is 10.5 Å². The second kappa shape index (κ2) is 8.81. The van der Waals surface area contributed by atoms with E-state index in [2.05, 4.69) is 25.6 Å². The van der Waals surface area contributed by atoms with Crippen LogP contribution in [0.5, 0.6) is 11.5 Å². The van der Waals surface area contributed by atoms with Crippen molar-refractivity contribution < 1.29 is 13.9 Å². The van der Waals surface area contributed by atoms with E-state index in [1.165, 1.54) is 12.3 Å². The maximum absolute atomic E-state index is 14.6. The third-order valence-corrected chi connectivity index (χ3v) is 5.73. The molecule has 0 aliphatic rings. The highest BCUT2D eigenvalue weighted by Crippen LogP contribution is 2.46. The number of carbonyl (C=O) groups is 1. The van der Waals surface area contributed by atoms with Crippen molar-refractivity contribution in [2.75, 3.05) is 5.32 Å². The van der Waals surface area contributed by atoms with E-state index >= 15 is 0 Å². The van der Waals surface area contributed by atoms with Crippen LogP contribution in [0.3, 0.4) is 0 Å². The van der Waals surface area contributed by atoms with E-state index in [0.717, 1.165) is 22.2 Å². The lowest BCUT2D eigenvalue weighted by Crippen LogP contribution is -2.21. The first-order valence-corrected chi connectivity index (χ1v) is 11.2. The van der Waals surface area contributed by atoms with Gasteiger partial charge in [-0.15, -0.1) is 0 Å². The number of H-pyrrole nitrogens is 1. The van der Waals surface area contributed by atoms with E-state index in [9.17, 15) is 9.18 Å². The number of halogens is 1. The molecular formula is C26H24FN7O2. The largest absolute Gasteiger partial charge is 0.451 e. The maximum Gasteiger partial charge on any atom is 0.316 e. The molecule has 0 fully saturated rings. The third kappa shape index (κ3) is 4.24. The fourth-order valence-corrected chi connectivity index (χ4v) is 4.09. The minimum atomic E-state index is -0.754. The Morgan fingerprint density at radius 2 is 1.97 bits per heavy atom. The zero-order valence-electron chi connectivity index (χ0n) is 19.9. The van der Waals surface area contributed by atoms with Gasteiger partial charge in [-0.2, -0.15) is 14.6 Å². The minimum absolute atomic E-state index is 0.0497. The zero-order valence-corrected chi connectivity index (χ0v) is 19.9. The van der Waals surface area contributed by atoms with Gasteiger partial charge in [0.1, 0.15) is 5.75 Å². The number of nitrogens with one attached hydrogen (secondary N) is 2. The lowest BCUT2D eigenvalue weighted by Gasteiger charge is -2.26. The molecule has 0 saturated heterocycles. The molecule has 0 aliphatic heterocycles. The molecule has 0 unspecified atom stereocenters. The Labute approximate surface area is 206 Å². The number of anilines is 1. The molecule has 0 saturated carbocycles. The van der Waals surface area contributed by atoms with Gasteiger partial charge in [0.2, 0.25) is 0 Å². The van der Waals surface area contributed by atoms with Gasteiger partial charge in [-0.05, 0) is 47.9 Å². The second-order valence-corrected chi connectivity index (χ2v) is 9.27. The molecule has 0 spiro atoms. The Morgan fingerprint density at radius 1 is 1.14 bits per heavy atom. The summed E-state index contributed by atoms with van der Waals surface area (Å²) in [4.78, 5) is 15.6. The summed E-state index contributed by atoms with van der Waals surface area (Å²) in [6.07, 6.45) is 4.71. The maximum atomic E-state index is 14.6. The first-order valence-electron chi connectivity index (χ1n) is 11.2. The van der Waals surface area contributed by atoms with E-state index in [1.807, 2.05) is 45.0 Å². The summed E-state index contributed by atoms with van der Waals surface area (Å²) in [6.45, 7) is 6.05. The highest BCUT2D eigenvalue weighted by Gasteiger charge is 2.28. The number of aromatic nitrogens is 5. The number of pyridine rings is 1. The Balaban J connectivity index is 1.79. The van der Waals surface area contributed by atoms with Crippen LogP contribution in [0, 0.1) is 5.95 Å². The van der Waals surface area contributed by atoms with Gasteiger partial charge in [-0.3, -0.25) is 5.10 Å². The first-order chi connectivity index (χ1) is 17.2. The average Bonchev–Trinajstić information content (AvgIpc) is 3.48. The summed E-state index contributed by atoms with van der Waals surface area (Å²) in [6, 6.07) is 13.4. The second-order valence-electron chi connectivity index (χ2n) is 9.27. The molecule has 0 atom stereocenters. The van der Waals surface area contributed by atoms with Crippen molar-refractivity contribution in [2.45, 2.75) is 26.2 Å². The lowest BCUT2D eigenvalue weighted by molar-refractivity contribution is 0.259. The summed E-state index contributed by atoms with van der Waals surface area (Å²) in [5.41, 5.74) is 9.02. The standard InChI is InChI=1S/C26H24FN7O2/c1-26(2,3)17-7-9-19(32-25(28)35)22(23(17)36-21-5-4-11-29-24(21)27)20-10-12-31-34(20)16-6-8-18-15(13-16)14-30-33-18/h4-14H,1-3H3,(H,30,33)(H3,28,32,35). The van der Waals surface area contributed by atoms with Crippen LogP contribution >= 0.6 is 0 Å². The van der Waals surface area contributed by atoms with Crippen LogP contribution < -0.4 is 15.8 Å². The number of carbonyl (C=O) groups excluding carboxylic acids is 1. The Kier molecular flexibility index (Phi) is 5.63. The van der Waals surface area contributed by atoms with Gasteiger partial charge in [0, 0.05) is 17.1 Å². The highest BCUT2D eigenvalue weighted by atomic mass is 19.1. The van der Waals surface area contributed by atoms with Crippen molar-refractivity contribution in [3.63, 3.8) is 0 Å². The van der Waals surface area contributed by atoms with Gasteiger partial charge in [0.15, 0.2) is 5.75 Å². The van der Waals surface area contributed by atoms with Crippen LogP contribution in [0.1, 0.15) is 26.3 Å². The molecule has 3 heterocycles. The van der Waals surface area contributed by atoms with E-state index in [0.29, 0.717) is 22.7 Å². The molecule has 2 aromatic carbocycles. The number of hydrogen-bond acceptors (Lipinski definition) is 5. The molecule has 9 nitrogen and oxygen atoms in total. The number of nitrogens with two attached hydrogens (primary N) is 1. The van der Waals surface area contributed by atoms with Crippen molar-refractivity contribution in [3.8, 4) is 28.4 Å². The van der Waals surface area contributed by atoms with Crippen molar-refractivity contribution in [1.82, 2.24) is 25.0 Å². The molecule has 10 heteroatoms. The molecule has 36 heavy (non-hydrogen) atoms. The molecule has 0 aliphatic carbocycles. The predicted molar refractivity (Wildman–Crippen MR) is 135 cm³/mol. The van der Waals surface area contributed by atoms with Crippen molar-refractivity contribution >= 4 is 22.6 Å². The van der Waals surface area contributed by atoms with E-state index < -0.39 is 17.4 Å². The van der Waals surface area contributed by atoms with Crippen LogP contribution in [0.4, 0.5) is 14.9 Å². The van der Waals surface area contributed by atoms with Crippen LogP contribution in [0.15, 0.2) is 67.1 Å². The van der Waals surface area contributed by atoms with Gasteiger partial charge in [0.05, 0.1) is 40.5 Å². The molecule has 182 valence electrons. The van der Waals surface area contributed by atoms with Gasteiger partial charge in [-0.1, -0.05) is 26.8 Å². The summed E-state index contributed by atoms with van der Waals surface area (Å²) in [5.74, 6) is -0.450. The van der Waals surface area contributed by atoms with Gasteiger partial charge < -0.3 is 15.8 Å². The molecule has 5 rings (SSSR count).